The molecule has 21 heavy (non-hydrogen) atoms. The van der Waals surface area contributed by atoms with Crippen molar-refractivity contribution in [2.24, 2.45) is 0 Å². The highest BCUT2D eigenvalue weighted by Gasteiger charge is 2.20. The van der Waals surface area contributed by atoms with Crippen molar-refractivity contribution in [2.75, 3.05) is 6.54 Å². The second-order valence-electron chi connectivity index (χ2n) is 4.66. The van der Waals surface area contributed by atoms with Gasteiger partial charge in [-0.1, -0.05) is 6.07 Å². The molecule has 1 rings (SSSR count). The first-order chi connectivity index (χ1) is 9.82. The lowest BCUT2D eigenvalue weighted by molar-refractivity contribution is -0.385. The standard InChI is InChI=1S/C13H17N3O5/c1-8(2)15-11(17)6-7-14-13(19)9-4-3-5-10(12(9)18)16(20)21/h3-5,8,18H,6-7H2,1-2H3,(H,14,19)(H,15,17). The average molecular weight is 295 g/mol. The van der Waals surface area contributed by atoms with Gasteiger partial charge in [-0.25, -0.2) is 0 Å². The molecule has 8 nitrogen and oxygen atoms in total. The van der Waals surface area contributed by atoms with E-state index >= 15 is 0 Å². The van der Waals surface area contributed by atoms with Crippen LogP contribution in [0.1, 0.15) is 30.6 Å². The molecule has 0 heterocycles. The van der Waals surface area contributed by atoms with Gasteiger partial charge in [0, 0.05) is 25.1 Å². The number of nitrogens with one attached hydrogen (secondary N) is 2. The number of carbonyl (C=O) groups excluding carboxylic acids is 2. The summed E-state index contributed by atoms with van der Waals surface area (Å²) in [5, 5.41) is 25.4. The SMILES string of the molecule is CC(C)NC(=O)CCNC(=O)c1cccc([N+](=O)[O-])c1O. The van der Waals surface area contributed by atoms with Crippen molar-refractivity contribution in [1.82, 2.24) is 10.6 Å². The van der Waals surface area contributed by atoms with Crippen molar-refractivity contribution in [1.29, 1.82) is 0 Å². The number of phenolic OH excluding ortho intramolecular Hbond substituents is 1. The first kappa shape index (κ1) is 16.4. The Bertz CT molecular complexity index is 557. The molecular weight excluding hydrogens is 278 g/mol. The van der Waals surface area contributed by atoms with E-state index in [-0.39, 0.29) is 30.5 Å². The summed E-state index contributed by atoms with van der Waals surface area (Å²) < 4.78 is 0. The molecule has 1 aromatic rings. The van der Waals surface area contributed by atoms with E-state index in [2.05, 4.69) is 10.6 Å². The number of aromatic hydroxyl groups is 1. The van der Waals surface area contributed by atoms with Crippen LogP contribution in [-0.2, 0) is 4.79 Å². The first-order valence-electron chi connectivity index (χ1n) is 6.37. The third kappa shape index (κ3) is 4.75. The highest BCUT2D eigenvalue weighted by molar-refractivity contribution is 5.98. The summed E-state index contributed by atoms with van der Waals surface area (Å²) >= 11 is 0. The average Bonchev–Trinajstić information content (AvgIpc) is 2.37. The number of carbonyl (C=O) groups is 2. The van der Waals surface area contributed by atoms with Crippen LogP contribution in [0.5, 0.6) is 5.75 Å². The van der Waals surface area contributed by atoms with Gasteiger partial charge in [-0.2, -0.15) is 0 Å². The fraction of sp³-hybridized carbons (Fsp3) is 0.385. The monoisotopic (exact) mass is 295 g/mol. The van der Waals surface area contributed by atoms with E-state index in [1.165, 1.54) is 12.1 Å². The molecule has 0 aromatic heterocycles. The zero-order chi connectivity index (χ0) is 16.0. The van der Waals surface area contributed by atoms with Crippen LogP contribution in [0.25, 0.3) is 0 Å². The molecule has 0 atom stereocenters. The molecule has 0 radical (unpaired) electrons. The van der Waals surface area contributed by atoms with Crippen molar-refractivity contribution in [3.05, 3.63) is 33.9 Å². The molecule has 0 bridgehead atoms. The molecule has 0 fully saturated rings. The molecule has 0 saturated heterocycles. The zero-order valence-electron chi connectivity index (χ0n) is 11.8. The van der Waals surface area contributed by atoms with E-state index in [0.717, 1.165) is 6.07 Å². The summed E-state index contributed by atoms with van der Waals surface area (Å²) in [5.41, 5.74) is -0.742. The lowest BCUT2D eigenvalue weighted by Crippen LogP contribution is -2.34. The summed E-state index contributed by atoms with van der Waals surface area (Å²) in [6.45, 7) is 3.70. The molecule has 1 aromatic carbocycles. The molecule has 8 heteroatoms. The second-order valence-corrected chi connectivity index (χ2v) is 4.66. The van der Waals surface area contributed by atoms with Crippen LogP contribution in [0, 0.1) is 10.1 Å². The maximum atomic E-state index is 11.8. The van der Waals surface area contributed by atoms with Crippen LogP contribution in [0.2, 0.25) is 0 Å². The summed E-state index contributed by atoms with van der Waals surface area (Å²) in [5.74, 6) is -1.58. The van der Waals surface area contributed by atoms with Gasteiger partial charge in [0.1, 0.15) is 0 Å². The Morgan fingerprint density at radius 1 is 1.38 bits per heavy atom. The van der Waals surface area contributed by atoms with Crippen LogP contribution in [0.4, 0.5) is 5.69 Å². The van der Waals surface area contributed by atoms with Gasteiger partial charge in [0.2, 0.25) is 11.7 Å². The Labute approximate surface area is 121 Å². The zero-order valence-corrected chi connectivity index (χ0v) is 11.8. The van der Waals surface area contributed by atoms with Gasteiger partial charge < -0.3 is 15.7 Å². The van der Waals surface area contributed by atoms with Crippen LogP contribution in [-0.4, -0.2) is 34.4 Å². The lowest BCUT2D eigenvalue weighted by atomic mass is 10.1. The fourth-order valence-corrected chi connectivity index (χ4v) is 1.64. The number of amides is 2. The molecule has 114 valence electrons. The van der Waals surface area contributed by atoms with E-state index in [1.807, 2.05) is 13.8 Å². The van der Waals surface area contributed by atoms with Crippen molar-refractivity contribution >= 4 is 17.5 Å². The van der Waals surface area contributed by atoms with Crippen molar-refractivity contribution in [3.63, 3.8) is 0 Å². The minimum absolute atomic E-state index is 0.00835. The Morgan fingerprint density at radius 2 is 2.05 bits per heavy atom. The van der Waals surface area contributed by atoms with Gasteiger partial charge in [-0.05, 0) is 19.9 Å². The van der Waals surface area contributed by atoms with Crippen molar-refractivity contribution < 1.29 is 19.6 Å². The molecule has 2 amide bonds. The Kier molecular flexibility index (Phi) is 5.65. The molecule has 0 aliphatic rings. The third-order valence-electron chi connectivity index (χ3n) is 2.54. The minimum Gasteiger partial charge on any atom is -0.502 e. The summed E-state index contributed by atoms with van der Waals surface area (Å²) in [6, 6.07) is 3.68. The number of benzene rings is 1. The summed E-state index contributed by atoms with van der Waals surface area (Å²) in [4.78, 5) is 33.1. The Hall–Kier alpha value is -2.64. The second kappa shape index (κ2) is 7.22. The maximum Gasteiger partial charge on any atom is 0.311 e. The number of para-hydroxylation sites is 1. The van der Waals surface area contributed by atoms with Crippen LogP contribution >= 0.6 is 0 Å². The highest BCUT2D eigenvalue weighted by Crippen LogP contribution is 2.28. The number of phenols is 1. The fourth-order valence-electron chi connectivity index (χ4n) is 1.64. The Balaban J connectivity index is 2.63. The van der Waals surface area contributed by atoms with E-state index in [9.17, 15) is 24.8 Å². The topological polar surface area (TPSA) is 122 Å². The predicted molar refractivity (Wildman–Crippen MR) is 75.0 cm³/mol. The predicted octanol–water partition coefficient (Wildman–Crippen LogP) is 0.945. The number of nitro groups is 1. The summed E-state index contributed by atoms with van der Waals surface area (Å²) in [7, 11) is 0. The third-order valence-corrected chi connectivity index (χ3v) is 2.54. The van der Waals surface area contributed by atoms with Gasteiger partial charge in [-0.15, -0.1) is 0 Å². The Morgan fingerprint density at radius 3 is 2.62 bits per heavy atom. The van der Waals surface area contributed by atoms with Crippen molar-refractivity contribution in [3.8, 4) is 5.75 Å². The van der Waals surface area contributed by atoms with E-state index in [4.69, 9.17) is 0 Å². The number of nitrogens with zero attached hydrogens (tertiary/aromatic N) is 1. The van der Waals surface area contributed by atoms with E-state index in [0.29, 0.717) is 0 Å². The van der Waals surface area contributed by atoms with E-state index in [1.54, 1.807) is 0 Å². The molecule has 0 saturated carbocycles. The number of hydrogen-bond acceptors (Lipinski definition) is 5. The van der Waals surface area contributed by atoms with Gasteiger partial charge in [0.15, 0.2) is 0 Å². The molecule has 0 unspecified atom stereocenters. The first-order valence-corrected chi connectivity index (χ1v) is 6.37. The van der Waals surface area contributed by atoms with Gasteiger partial charge in [0.05, 0.1) is 10.5 Å². The number of rotatable bonds is 6. The van der Waals surface area contributed by atoms with Gasteiger partial charge in [0.25, 0.3) is 5.91 Å². The molecule has 0 aliphatic heterocycles. The normalized spacial score (nSPS) is 10.2. The van der Waals surface area contributed by atoms with Gasteiger partial charge >= 0.3 is 5.69 Å². The van der Waals surface area contributed by atoms with Crippen LogP contribution in [0.3, 0.4) is 0 Å². The lowest BCUT2D eigenvalue weighted by Gasteiger charge is -2.09. The number of hydrogen-bond donors (Lipinski definition) is 3. The van der Waals surface area contributed by atoms with Crippen molar-refractivity contribution in [2.45, 2.75) is 26.3 Å². The number of nitro benzene ring substituents is 1. The molecule has 3 N–H and O–H groups in total. The quantitative estimate of drug-likeness (QED) is 0.532. The van der Waals surface area contributed by atoms with Crippen LogP contribution < -0.4 is 10.6 Å². The molecule has 0 aliphatic carbocycles. The highest BCUT2D eigenvalue weighted by atomic mass is 16.6. The van der Waals surface area contributed by atoms with Gasteiger partial charge in [-0.3, -0.25) is 19.7 Å². The largest absolute Gasteiger partial charge is 0.502 e. The smallest absolute Gasteiger partial charge is 0.311 e. The molecule has 0 spiro atoms. The molecular formula is C13H17N3O5. The minimum atomic E-state index is -0.776. The maximum absolute atomic E-state index is 11.8. The van der Waals surface area contributed by atoms with Crippen LogP contribution in [0.15, 0.2) is 18.2 Å². The van der Waals surface area contributed by atoms with E-state index < -0.39 is 22.3 Å². The summed E-state index contributed by atoms with van der Waals surface area (Å²) in [6.07, 6.45) is 0.0829.